The molecule has 4 nitrogen and oxygen atoms in total. The normalized spacial score (nSPS) is 11.2. The van der Waals surface area contributed by atoms with Gasteiger partial charge in [0.25, 0.3) is 0 Å². The van der Waals surface area contributed by atoms with Gasteiger partial charge in [-0.05, 0) is 50.0 Å². The first-order valence-electron chi connectivity index (χ1n) is 20.1. The topological polar surface area (TPSA) is 52.6 Å². The Labute approximate surface area is 286 Å². The first kappa shape index (κ1) is 44.3. The third kappa shape index (κ3) is 39.4. The summed E-state index contributed by atoms with van der Waals surface area (Å²) in [5.41, 5.74) is 0. The molecule has 268 valence electrons. The van der Waals surface area contributed by atoms with Crippen LogP contribution in [0.3, 0.4) is 0 Å². The number of esters is 2. The molecule has 0 radical (unpaired) electrons. The van der Waals surface area contributed by atoms with Gasteiger partial charge in [0, 0.05) is 12.8 Å². The third-order valence-corrected chi connectivity index (χ3v) is 10.0. The standard InChI is InChI=1S/C40H78O4S/c1-3-5-7-9-11-13-15-17-19-21-23-25-29-35-43-39(41)33-27-31-37-45-38-32-28-34-40(42)44-36-30-26-24-22-20-18-16-14-12-10-8-6-4-2/h3-38H2,1-2H3. The fourth-order valence-electron chi connectivity index (χ4n) is 5.80. The highest BCUT2D eigenvalue weighted by atomic mass is 32.2. The number of carbonyl (C=O) groups is 2. The largest absolute Gasteiger partial charge is 0.466 e. The minimum absolute atomic E-state index is 0.0312. The molecule has 0 aliphatic rings. The summed E-state index contributed by atoms with van der Waals surface area (Å²) < 4.78 is 10.8. The van der Waals surface area contributed by atoms with Gasteiger partial charge in [-0.3, -0.25) is 9.59 Å². The fourth-order valence-corrected chi connectivity index (χ4v) is 6.83. The van der Waals surface area contributed by atoms with Gasteiger partial charge in [0.1, 0.15) is 0 Å². The van der Waals surface area contributed by atoms with Crippen molar-refractivity contribution in [3.05, 3.63) is 0 Å². The summed E-state index contributed by atoms with van der Waals surface area (Å²) in [6, 6.07) is 0. The zero-order valence-electron chi connectivity index (χ0n) is 30.5. The monoisotopic (exact) mass is 655 g/mol. The maximum atomic E-state index is 11.9. The van der Waals surface area contributed by atoms with Crippen LogP contribution in [0.1, 0.15) is 219 Å². The summed E-state index contributed by atoms with van der Waals surface area (Å²) in [7, 11) is 0. The Bertz CT molecular complexity index is 547. The van der Waals surface area contributed by atoms with Gasteiger partial charge in [0.15, 0.2) is 0 Å². The molecule has 0 N–H and O–H groups in total. The van der Waals surface area contributed by atoms with E-state index in [1.54, 1.807) is 0 Å². The van der Waals surface area contributed by atoms with Crippen LogP contribution < -0.4 is 0 Å². The highest BCUT2D eigenvalue weighted by molar-refractivity contribution is 7.99. The lowest BCUT2D eigenvalue weighted by Crippen LogP contribution is -2.06. The Morgan fingerprint density at radius 2 is 0.622 bits per heavy atom. The van der Waals surface area contributed by atoms with Gasteiger partial charge in [-0.1, -0.05) is 168 Å². The van der Waals surface area contributed by atoms with Crippen LogP contribution in [-0.4, -0.2) is 36.7 Å². The molecule has 0 saturated carbocycles. The van der Waals surface area contributed by atoms with E-state index in [1.807, 2.05) is 11.8 Å². The van der Waals surface area contributed by atoms with Crippen LogP contribution in [0.25, 0.3) is 0 Å². The minimum Gasteiger partial charge on any atom is -0.466 e. The number of carbonyl (C=O) groups excluding carboxylic acids is 2. The highest BCUT2D eigenvalue weighted by Crippen LogP contribution is 2.15. The van der Waals surface area contributed by atoms with Crippen molar-refractivity contribution in [2.45, 2.75) is 219 Å². The predicted molar refractivity (Wildman–Crippen MR) is 198 cm³/mol. The van der Waals surface area contributed by atoms with E-state index in [0.717, 1.165) is 50.0 Å². The lowest BCUT2D eigenvalue weighted by molar-refractivity contribution is -0.144. The summed E-state index contributed by atoms with van der Waals surface area (Å²) in [4.78, 5) is 23.9. The molecule has 0 aliphatic carbocycles. The first-order chi connectivity index (χ1) is 22.2. The van der Waals surface area contributed by atoms with Gasteiger partial charge in [-0.2, -0.15) is 11.8 Å². The summed E-state index contributed by atoms with van der Waals surface area (Å²) in [6.45, 7) is 5.73. The molecule has 0 unspecified atom stereocenters. The summed E-state index contributed by atoms with van der Waals surface area (Å²) >= 11 is 1.93. The Balaban J connectivity index is 3.24. The van der Waals surface area contributed by atoms with E-state index in [4.69, 9.17) is 9.47 Å². The zero-order chi connectivity index (χ0) is 32.7. The molecule has 0 aromatic carbocycles. The van der Waals surface area contributed by atoms with Crippen molar-refractivity contribution in [3.8, 4) is 0 Å². The molecular formula is C40H78O4S. The second-order valence-electron chi connectivity index (χ2n) is 13.5. The van der Waals surface area contributed by atoms with Crippen molar-refractivity contribution in [1.82, 2.24) is 0 Å². The number of rotatable bonds is 38. The van der Waals surface area contributed by atoms with E-state index >= 15 is 0 Å². The molecule has 45 heavy (non-hydrogen) atoms. The SMILES string of the molecule is CCCCCCCCCCCCCCCOC(=O)CCCCSCCCCC(=O)OCCCCCCCCCCCCCCC. The van der Waals surface area contributed by atoms with Gasteiger partial charge < -0.3 is 9.47 Å². The van der Waals surface area contributed by atoms with E-state index in [0.29, 0.717) is 26.1 Å². The second kappa shape index (κ2) is 39.5. The van der Waals surface area contributed by atoms with Crippen LogP contribution in [-0.2, 0) is 19.1 Å². The molecule has 0 fully saturated rings. The van der Waals surface area contributed by atoms with Gasteiger partial charge in [0.2, 0.25) is 0 Å². The number of ether oxygens (including phenoxy) is 2. The zero-order valence-corrected chi connectivity index (χ0v) is 31.3. The average molecular weight is 655 g/mol. The van der Waals surface area contributed by atoms with Crippen molar-refractivity contribution in [3.63, 3.8) is 0 Å². The van der Waals surface area contributed by atoms with Crippen LogP contribution in [0.2, 0.25) is 0 Å². The minimum atomic E-state index is -0.0312. The number of hydrogen-bond donors (Lipinski definition) is 0. The highest BCUT2D eigenvalue weighted by Gasteiger charge is 2.04. The van der Waals surface area contributed by atoms with E-state index in [2.05, 4.69) is 13.8 Å². The lowest BCUT2D eigenvalue weighted by Gasteiger charge is -2.06. The van der Waals surface area contributed by atoms with Gasteiger partial charge >= 0.3 is 11.9 Å². The molecule has 0 aliphatic heterocycles. The molecule has 0 atom stereocenters. The van der Waals surface area contributed by atoms with Gasteiger partial charge in [-0.15, -0.1) is 0 Å². The Hall–Kier alpha value is -0.710. The molecule has 0 amide bonds. The molecule has 5 heteroatoms. The number of hydrogen-bond acceptors (Lipinski definition) is 5. The maximum Gasteiger partial charge on any atom is 0.305 e. The van der Waals surface area contributed by atoms with Gasteiger partial charge in [0.05, 0.1) is 13.2 Å². The van der Waals surface area contributed by atoms with Crippen molar-refractivity contribution >= 4 is 23.7 Å². The predicted octanol–water partition coefficient (Wildman–Crippen LogP) is 13.3. The molecule has 0 saturated heterocycles. The van der Waals surface area contributed by atoms with Gasteiger partial charge in [-0.25, -0.2) is 0 Å². The van der Waals surface area contributed by atoms with Crippen LogP contribution in [0, 0.1) is 0 Å². The molecule has 0 aromatic rings. The quantitative estimate of drug-likeness (QED) is 0.0490. The Morgan fingerprint density at radius 1 is 0.356 bits per heavy atom. The van der Waals surface area contributed by atoms with Crippen molar-refractivity contribution in [2.24, 2.45) is 0 Å². The average Bonchev–Trinajstić information content (AvgIpc) is 3.04. The number of thioether (sulfide) groups is 1. The fraction of sp³-hybridized carbons (Fsp3) is 0.950. The lowest BCUT2D eigenvalue weighted by atomic mass is 10.0. The molecule has 0 heterocycles. The van der Waals surface area contributed by atoms with Crippen LogP contribution in [0.4, 0.5) is 0 Å². The van der Waals surface area contributed by atoms with E-state index in [1.165, 1.54) is 154 Å². The Morgan fingerprint density at radius 3 is 0.911 bits per heavy atom. The summed E-state index contributed by atoms with van der Waals surface area (Å²) in [6.07, 6.45) is 39.7. The van der Waals surface area contributed by atoms with E-state index < -0.39 is 0 Å². The van der Waals surface area contributed by atoms with E-state index in [9.17, 15) is 9.59 Å². The summed E-state index contributed by atoms with van der Waals surface area (Å²) in [5, 5.41) is 0. The first-order valence-corrected chi connectivity index (χ1v) is 21.2. The van der Waals surface area contributed by atoms with Crippen molar-refractivity contribution in [1.29, 1.82) is 0 Å². The van der Waals surface area contributed by atoms with E-state index in [-0.39, 0.29) is 11.9 Å². The van der Waals surface area contributed by atoms with Crippen LogP contribution >= 0.6 is 11.8 Å². The molecule has 0 spiro atoms. The summed E-state index contributed by atoms with van der Waals surface area (Å²) in [5.74, 6) is 2.10. The number of unbranched alkanes of at least 4 members (excludes halogenated alkanes) is 26. The Kier molecular flexibility index (Phi) is 38.8. The third-order valence-electron chi connectivity index (χ3n) is 8.86. The van der Waals surface area contributed by atoms with Crippen LogP contribution in [0.5, 0.6) is 0 Å². The van der Waals surface area contributed by atoms with Crippen molar-refractivity contribution < 1.29 is 19.1 Å². The van der Waals surface area contributed by atoms with Crippen LogP contribution in [0.15, 0.2) is 0 Å². The molecular weight excluding hydrogens is 577 g/mol. The van der Waals surface area contributed by atoms with Crippen molar-refractivity contribution in [2.75, 3.05) is 24.7 Å². The smallest absolute Gasteiger partial charge is 0.305 e. The molecule has 0 aromatic heterocycles. The molecule has 0 bridgehead atoms. The molecule has 0 rings (SSSR count). The second-order valence-corrected chi connectivity index (χ2v) is 14.7. The maximum absolute atomic E-state index is 11.9.